The van der Waals surface area contributed by atoms with Crippen LogP contribution in [0, 0.1) is 6.92 Å². The SMILES string of the molecule is CCCCC(=O)N1CCN(C(=O)CCCSc2nnc(-c3cccc(OC)c3)n2-c2ccc(C)cc2)CC1C. The summed E-state index contributed by atoms with van der Waals surface area (Å²) in [4.78, 5) is 29.3. The van der Waals surface area contributed by atoms with E-state index in [0.717, 1.165) is 53.0 Å². The number of rotatable bonds is 11. The van der Waals surface area contributed by atoms with E-state index in [2.05, 4.69) is 52.9 Å². The van der Waals surface area contributed by atoms with Gasteiger partial charge in [0.1, 0.15) is 5.75 Å². The largest absolute Gasteiger partial charge is 0.497 e. The van der Waals surface area contributed by atoms with Crippen LogP contribution in [0.4, 0.5) is 0 Å². The molecule has 2 amide bonds. The van der Waals surface area contributed by atoms with Gasteiger partial charge in [0.15, 0.2) is 11.0 Å². The maximum Gasteiger partial charge on any atom is 0.222 e. The highest BCUT2D eigenvalue weighted by Crippen LogP contribution is 2.30. The summed E-state index contributed by atoms with van der Waals surface area (Å²) in [6, 6.07) is 16.2. The summed E-state index contributed by atoms with van der Waals surface area (Å²) in [5.74, 6) is 2.62. The van der Waals surface area contributed by atoms with Crippen LogP contribution in [0.3, 0.4) is 0 Å². The van der Waals surface area contributed by atoms with E-state index in [-0.39, 0.29) is 17.9 Å². The quantitative estimate of drug-likeness (QED) is 0.236. The summed E-state index contributed by atoms with van der Waals surface area (Å²) < 4.78 is 7.48. The number of methoxy groups -OCH3 is 1. The Labute approximate surface area is 235 Å². The van der Waals surface area contributed by atoms with Crippen LogP contribution >= 0.6 is 11.8 Å². The lowest BCUT2D eigenvalue weighted by Gasteiger charge is -2.40. The van der Waals surface area contributed by atoms with Crippen LogP contribution in [-0.4, -0.2) is 74.9 Å². The molecule has 9 heteroatoms. The van der Waals surface area contributed by atoms with Gasteiger partial charge < -0.3 is 14.5 Å². The normalized spacial score (nSPS) is 15.4. The molecule has 1 aliphatic heterocycles. The molecule has 2 heterocycles. The van der Waals surface area contributed by atoms with E-state index >= 15 is 0 Å². The predicted molar refractivity (Wildman–Crippen MR) is 155 cm³/mol. The molecule has 2 aromatic carbocycles. The third-order valence-electron chi connectivity index (χ3n) is 7.06. The van der Waals surface area contributed by atoms with Crippen LogP contribution in [0.15, 0.2) is 53.7 Å². The molecule has 0 aliphatic carbocycles. The summed E-state index contributed by atoms with van der Waals surface area (Å²) in [6.07, 6.45) is 3.74. The summed E-state index contributed by atoms with van der Waals surface area (Å²) in [7, 11) is 1.65. The zero-order valence-electron chi connectivity index (χ0n) is 23.4. The molecule has 1 atom stereocenters. The number of carbonyl (C=O) groups excluding carboxylic acids is 2. The van der Waals surface area contributed by atoms with Gasteiger partial charge in [0, 0.05) is 55.5 Å². The zero-order chi connectivity index (χ0) is 27.8. The van der Waals surface area contributed by atoms with Gasteiger partial charge in [-0.3, -0.25) is 14.2 Å². The Kier molecular flexibility index (Phi) is 10.0. The number of carbonyl (C=O) groups is 2. The van der Waals surface area contributed by atoms with E-state index in [0.29, 0.717) is 32.5 Å². The van der Waals surface area contributed by atoms with Gasteiger partial charge in [0.2, 0.25) is 11.8 Å². The number of aryl methyl sites for hydroxylation is 1. The highest BCUT2D eigenvalue weighted by molar-refractivity contribution is 7.99. The van der Waals surface area contributed by atoms with Crippen molar-refractivity contribution in [1.82, 2.24) is 24.6 Å². The molecular formula is C30H39N5O3S. The minimum Gasteiger partial charge on any atom is -0.497 e. The summed E-state index contributed by atoms with van der Waals surface area (Å²) >= 11 is 1.61. The maximum atomic E-state index is 12.9. The van der Waals surface area contributed by atoms with E-state index in [1.54, 1.807) is 18.9 Å². The van der Waals surface area contributed by atoms with Crippen LogP contribution in [0.5, 0.6) is 5.75 Å². The average Bonchev–Trinajstić information content (AvgIpc) is 3.38. The number of amides is 2. The van der Waals surface area contributed by atoms with Crippen molar-refractivity contribution in [2.45, 2.75) is 64.1 Å². The first-order valence-electron chi connectivity index (χ1n) is 13.8. The molecule has 0 saturated carbocycles. The Hall–Kier alpha value is -3.33. The lowest BCUT2D eigenvalue weighted by Crippen LogP contribution is -2.55. The smallest absolute Gasteiger partial charge is 0.222 e. The molecule has 0 spiro atoms. The number of thioether (sulfide) groups is 1. The zero-order valence-corrected chi connectivity index (χ0v) is 24.2. The van der Waals surface area contributed by atoms with E-state index in [4.69, 9.17) is 4.74 Å². The molecule has 1 aromatic heterocycles. The van der Waals surface area contributed by atoms with Crippen molar-refractivity contribution in [2.24, 2.45) is 0 Å². The van der Waals surface area contributed by atoms with Crippen LogP contribution in [0.1, 0.15) is 51.5 Å². The van der Waals surface area contributed by atoms with Crippen molar-refractivity contribution in [1.29, 1.82) is 0 Å². The standard InChI is InChI=1S/C30H39N5O3S/c1-5-6-11-28(37)34-18-17-33(21-23(34)3)27(36)12-8-19-39-30-32-31-29(24-9-7-10-26(20-24)38-4)35(30)25-15-13-22(2)14-16-25/h7,9-10,13-16,20,23H,5-6,8,11-12,17-19,21H2,1-4H3. The van der Waals surface area contributed by atoms with Gasteiger partial charge in [-0.2, -0.15) is 0 Å². The summed E-state index contributed by atoms with van der Waals surface area (Å²) in [6.45, 7) is 8.04. The third-order valence-corrected chi connectivity index (χ3v) is 8.08. The molecular weight excluding hydrogens is 510 g/mol. The lowest BCUT2D eigenvalue weighted by molar-refractivity contribution is -0.142. The van der Waals surface area contributed by atoms with Crippen molar-refractivity contribution in [3.05, 3.63) is 54.1 Å². The van der Waals surface area contributed by atoms with Crippen LogP contribution < -0.4 is 4.74 Å². The number of unbranched alkanes of at least 4 members (excludes halogenated alkanes) is 1. The molecule has 39 heavy (non-hydrogen) atoms. The van der Waals surface area contributed by atoms with Crippen LogP contribution in [-0.2, 0) is 9.59 Å². The fourth-order valence-corrected chi connectivity index (χ4v) is 5.70. The number of nitrogens with zero attached hydrogens (tertiary/aromatic N) is 5. The van der Waals surface area contributed by atoms with Gasteiger partial charge in [-0.25, -0.2) is 0 Å². The predicted octanol–water partition coefficient (Wildman–Crippen LogP) is 5.37. The van der Waals surface area contributed by atoms with Gasteiger partial charge in [-0.05, 0) is 51.0 Å². The van der Waals surface area contributed by atoms with Crippen LogP contribution in [0.2, 0.25) is 0 Å². The van der Waals surface area contributed by atoms with Gasteiger partial charge >= 0.3 is 0 Å². The number of hydrogen-bond donors (Lipinski definition) is 0. The van der Waals surface area contributed by atoms with E-state index in [1.807, 2.05) is 41.0 Å². The molecule has 0 radical (unpaired) electrons. The van der Waals surface area contributed by atoms with Crippen molar-refractivity contribution in [2.75, 3.05) is 32.5 Å². The highest BCUT2D eigenvalue weighted by atomic mass is 32.2. The van der Waals surface area contributed by atoms with Gasteiger partial charge in [0.25, 0.3) is 0 Å². The first kappa shape index (κ1) is 28.7. The Morgan fingerprint density at radius 2 is 1.79 bits per heavy atom. The van der Waals surface area contributed by atoms with Crippen molar-refractivity contribution in [3.8, 4) is 22.8 Å². The fourth-order valence-electron chi connectivity index (χ4n) is 4.81. The van der Waals surface area contributed by atoms with E-state index in [1.165, 1.54) is 5.56 Å². The number of hydrogen-bond acceptors (Lipinski definition) is 6. The number of aromatic nitrogens is 3. The fraction of sp³-hybridized carbons (Fsp3) is 0.467. The van der Waals surface area contributed by atoms with Crippen molar-refractivity contribution < 1.29 is 14.3 Å². The molecule has 4 rings (SSSR count). The number of benzene rings is 2. The lowest BCUT2D eigenvalue weighted by atomic mass is 10.1. The first-order chi connectivity index (χ1) is 18.9. The topological polar surface area (TPSA) is 80.6 Å². The third kappa shape index (κ3) is 7.20. The maximum absolute atomic E-state index is 12.9. The first-order valence-corrected chi connectivity index (χ1v) is 14.8. The summed E-state index contributed by atoms with van der Waals surface area (Å²) in [5.41, 5.74) is 3.09. The Morgan fingerprint density at radius 1 is 1.03 bits per heavy atom. The van der Waals surface area contributed by atoms with Gasteiger partial charge in [-0.15, -0.1) is 10.2 Å². The molecule has 1 unspecified atom stereocenters. The molecule has 1 fully saturated rings. The molecule has 208 valence electrons. The molecule has 0 bridgehead atoms. The highest BCUT2D eigenvalue weighted by Gasteiger charge is 2.29. The number of piperazine rings is 1. The molecule has 1 aliphatic rings. The van der Waals surface area contributed by atoms with E-state index < -0.39 is 0 Å². The van der Waals surface area contributed by atoms with Crippen molar-refractivity contribution >= 4 is 23.6 Å². The summed E-state index contributed by atoms with van der Waals surface area (Å²) in [5, 5.41) is 9.83. The van der Waals surface area contributed by atoms with Crippen molar-refractivity contribution in [3.63, 3.8) is 0 Å². The molecule has 1 saturated heterocycles. The second-order valence-corrected chi connectivity index (χ2v) is 11.1. The van der Waals surface area contributed by atoms with Crippen LogP contribution in [0.25, 0.3) is 17.1 Å². The number of ether oxygens (including phenoxy) is 1. The molecule has 3 aromatic rings. The average molecular weight is 550 g/mol. The van der Waals surface area contributed by atoms with E-state index in [9.17, 15) is 9.59 Å². The Bertz CT molecular complexity index is 1260. The Morgan fingerprint density at radius 3 is 2.51 bits per heavy atom. The van der Waals surface area contributed by atoms with Gasteiger partial charge in [-0.1, -0.05) is 54.9 Å². The second-order valence-electron chi connectivity index (χ2n) is 10.0. The molecule has 8 nitrogen and oxygen atoms in total. The van der Waals surface area contributed by atoms with Gasteiger partial charge in [0.05, 0.1) is 7.11 Å². The second kappa shape index (κ2) is 13.6. The minimum atomic E-state index is 0.0597. The minimum absolute atomic E-state index is 0.0597. The monoisotopic (exact) mass is 549 g/mol. The molecule has 0 N–H and O–H groups in total. The Balaban J connectivity index is 1.37.